The number of benzene rings is 2. The molecule has 0 bridgehead atoms. The second kappa shape index (κ2) is 4.25. The molecule has 17 heavy (non-hydrogen) atoms. The Kier molecular flexibility index (Phi) is 2.78. The zero-order valence-corrected chi connectivity index (χ0v) is 9.38. The molecule has 0 saturated carbocycles. The summed E-state index contributed by atoms with van der Waals surface area (Å²) in [6.07, 6.45) is 0. The van der Waals surface area contributed by atoms with E-state index in [-0.39, 0.29) is 10.6 Å². The number of nitrogens with two attached hydrogens (primary N) is 1. The minimum atomic E-state index is -0.389. The van der Waals surface area contributed by atoms with E-state index in [4.69, 9.17) is 5.73 Å². The first-order valence-electron chi connectivity index (χ1n) is 5.19. The Hall–Kier alpha value is -2.36. The van der Waals surface area contributed by atoms with Crippen molar-refractivity contribution in [2.75, 3.05) is 5.73 Å². The number of hydrogen-bond donors (Lipinski definition) is 1. The van der Waals surface area contributed by atoms with Crippen LogP contribution in [0.15, 0.2) is 42.5 Å². The highest BCUT2D eigenvalue weighted by Crippen LogP contribution is 2.27. The van der Waals surface area contributed by atoms with Crippen LogP contribution in [0.1, 0.15) is 5.56 Å². The Bertz CT molecular complexity index is 562. The predicted molar refractivity (Wildman–Crippen MR) is 67.7 cm³/mol. The first-order chi connectivity index (χ1) is 8.08. The summed E-state index contributed by atoms with van der Waals surface area (Å²) in [7, 11) is 0. The van der Waals surface area contributed by atoms with Crippen LogP contribution in [0.5, 0.6) is 0 Å². The summed E-state index contributed by atoms with van der Waals surface area (Å²) in [5.41, 5.74) is 9.30. The van der Waals surface area contributed by atoms with Crippen LogP contribution in [0, 0.1) is 17.0 Å². The van der Waals surface area contributed by atoms with Crippen LogP contribution in [0.2, 0.25) is 0 Å². The molecule has 2 rings (SSSR count). The van der Waals surface area contributed by atoms with Crippen LogP contribution < -0.4 is 5.73 Å². The van der Waals surface area contributed by atoms with E-state index in [1.807, 2.05) is 31.2 Å². The Morgan fingerprint density at radius 2 is 1.76 bits per heavy atom. The van der Waals surface area contributed by atoms with Crippen LogP contribution in [0.25, 0.3) is 11.1 Å². The van der Waals surface area contributed by atoms with E-state index in [1.165, 1.54) is 6.07 Å². The number of rotatable bonds is 2. The lowest BCUT2D eigenvalue weighted by Crippen LogP contribution is -1.91. The Morgan fingerprint density at radius 3 is 2.29 bits per heavy atom. The quantitative estimate of drug-likeness (QED) is 0.487. The number of nitrogens with zero attached hydrogens (tertiary/aromatic N) is 1. The molecule has 0 aliphatic carbocycles. The molecule has 0 aliphatic rings. The molecule has 0 spiro atoms. The van der Waals surface area contributed by atoms with Crippen LogP contribution in [-0.4, -0.2) is 4.92 Å². The van der Waals surface area contributed by atoms with Crippen molar-refractivity contribution in [2.45, 2.75) is 6.92 Å². The van der Waals surface area contributed by atoms with Gasteiger partial charge in [0.05, 0.1) is 4.92 Å². The van der Waals surface area contributed by atoms with Crippen molar-refractivity contribution in [1.29, 1.82) is 0 Å². The molecule has 0 radical (unpaired) electrons. The van der Waals surface area contributed by atoms with Crippen molar-refractivity contribution < 1.29 is 4.92 Å². The van der Waals surface area contributed by atoms with Gasteiger partial charge in [0.2, 0.25) is 0 Å². The first-order valence-corrected chi connectivity index (χ1v) is 5.19. The van der Waals surface area contributed by atoms with E-state index in [2.05, 4.69) is 0 Å². The van der Waals surface area contributed by atoms with Gasteiger partial charge in [-0.3, -0.25) is 10.1 Å². The molecule has 0 aromatic heterocycles. The molecule has 0 saturated heterocycles. The largest absolute Gasteiger partial charge is 0.399 e. The van der Waals surface area contributed by atoms with Crippen molar-refractivity contribution in [3.63, 3.8) is 0 Å². The van der Waals surface area contributed by atoms with E-state index < -0.39 is 0 Å². The molecular formula is C13H12N2O2. The molecule has 0 amide bonds. The minimum absolute atomic E-state index is 0.113. The second-order valence-electron chi connectivity index (χ2n) is 3.88. The molecule has 0 aliphatic heterocycles. The monoisotopic (exact) mass is 228 g/mol. The van der Waals surface area contributed by atoms with Gasteiger partial charge in [0, 0.05) is 17.8 Å². The summed E-state index contributed by atoms with van der Waals surface area (Å²) in [6, 6.07) is 12.3. The van der Waals surface area contributed by atoms with E-state index >= 15 is 0 Å². The normalized spacial score (nSPS) is 10.2. The molecule has 2 aromatic rings. The second-order valence-corrected chi connectivity index (χ2v) is 3.88. The first kappa shape index (κ1) is 11.1. The van der Waals surface area contributed by atoms with Gasteiger partial charge in [-0.2, -0.15) is 0 Å². The van der Waals surface area contributed by atoms with Crippen LogP contribution in [0.4, 0.5) is 11.4 Å². The number of non-ortho nitro benzene ring substituents is 1. The highest BCUT2D eigenvalue weighted by molar-refractivity contribution is 5.70. The smallest absolute Gasteiger partial charge is 0.269 e. The lowest BCUT2D eigenvalue weighted by Gasteiger charge is -2.06. The van der Waals surface area contributed by atoms with Gasteiger partial charge in [-0.05, 0) is 41.8 Å². The van der Waals surface area contributed by atoms with E-state index in [0.717, 1.165) is 16.7 Å². The molecule has 0 heterocycles. The number of nitro groups is 1. The Morgan fingerprint density at radius 1 is 1.12 bits per heavy atom. The Labute approximate surface area is 98.8 Å². The third-order valence-electron chi connectivity index (χ3n) is 2.64. The number of aryl methyl sites for hydroxylation is 1. The molecule has 86 valence electrons. The summed E-state index contributed by atoms with van der Waals surface area (Å²) in [5.74, 6) is 0. The molecule has 0 unspecified atom stereocenters. The van der Waals surface area contributed by atoms with Gasteiger partial charge in [0.15, 0.2) is 0 Å². The number of nitrogen functional groups attached to an aromatic ring is 1. The molecule has 2 aromatic carbocycles. The average Bonchev–Trinajstić information content (AvgIpc) is 2.30. The zero-order chi connectivity index (χ0) is 12.4. The maximum Gasteiger partial charge on any atom is 0.269 e. The van der Waals surface area contributed by atoms with Crippen molar-refractivity contribution in [3.8, 4) is 11.1 Å². The lowest BCUT2D eigenvalue weighted by atomic mass is 10.00. The predicted octanol–water partition coefficient (Wildman–Crippen LogP) is 3.15. The molecular weight excluding hydrogens is 216 g/mol. The summed E-state index contributed by atoms with van der Waals surface area (Å²) < 4.78 is 0. The van der Waals surface area contributed by atoms with E-state index in [9.17, 15) is 10.1 Å². The molecule has 0 atom stereocenters. The fourth-order valence-corrected chi connectivity index (χ4v) is 1.75. The third kappa shape index (κ3) is 2.25. The summed E-state index contributed by atoms with van der Waals surface area (Å²) in [6.45, 7) is 1.86. The highest BCUT2D eigenvalue weighted by Gasteiger charge is 2.08. The molecule has 0 fully saturated rings. The minimum Gasteiger partial charge on any atom is -0.399 e. The van der Waals surface area contributed by atoms with E-state index in [0.29, 0.717) is 5.69 Å². The van der Waals surface area contributed by atoms with Crippen LogP contribution in [-0.2, 0) is 0 Å². The fourth-order valence-electron chi connectivity index (χ4n) is 1.75. The van der Waals surface area contributed by atoms with Gasteiger partial charge < -0.3 is 5.73 Å². The van der Waals surface area contributed by atoms with Gasteiger partial charge in [-0.1, -0.05) is 12.1 Å². The van der Waals surface area contributed by atoms with Crippen LogP contribution in [0.3, 0.4) is 0 Å². The highest BCUT2D eigenvalue weighted by atomic mass is 16.6. The Balaban J connectivity index is 2.46. The van der Waals surface area contributed by atoms with Gasteiger partial charge >= 0.3 is 0 Å². The molecule has 2 N–H and O–H groups in total. The van der Waals surface area contributed by atoms with Crippen molar-refractivity contribution >= 4 is 11.4 Å². The van der Waals surface area contributed by atoms with Crippen molar-refractivity contribution in [3.05, 3.63) is 58.1 Å². The number of hydrogen-bond acceptors (Lipinski definition) is 3. The SMILES string of the molecule is Cc1cc([N+](=O)[O-])ccc1-c1ccc(N)cc1. The summed E-state index contributed by atoms with van der Waals surface area (Å²) >= 11 is 0. The molecule has 4 heteroatoms. The third-order valence-corrected chi connectivity index (χ3v) is 2.64. The van der Waals surface area contributed by atoms with Gasteiger partial charge in [-0.25, -0.2) is 0 Å². The zero-order valence-electron chi connectivity index (χ0n) is 9.38. The maximum absolute atomic E-state index is 10.6. The van der Waals surface area contributed by atoms with Crippen molar-refractivity contribution in [1.82, 2.24) is 0 Å². The molecule has 4 nitrogen and oxygen atoms in total. The van der Waals surface area contributed by atoms with Crippen LogP contribution >= 0.6 is 0 Å². The van der Waals surface area contributed by atoms with Crippen molar-refractivity contribution in [2.24, 2.45) is 0 Å². The average molecular weight is 228 g/mol. The van der Waals surface area contributed by atoms with Gasteiger partial charge in [0.25, 0.3) is 5.69 Å². The number of nitro benzene ring substituents is 1. The van der Waals surface area contributed by atoms with Gasteiger partial charge in [0.1, 0.15) is 0 Å². The fraction of sp³-hybridized carbons (Fsp3) is 0.0769. The van der Waals surface area contributed by atoms with Gasteiger partial charge in [-0.15, -0.1) is 0 Å². The lowest BCUT2D eigenvalue weighted by molar-refractivity contribution is -0.384. The maximum atomic E-state index is 10.6. The summed E-state index contributed by atoms with van der Waals surface area (Å²) in [5, 5.41) is 10.6. The standard InChI is InChI=1S/C13H12N2O2/c1-9-8-12(15(16)17)6-7-13(9)10-2-4-11(14)5-3-10/h2-8H,14H2,1H3. The summed E-state index contributed by atoms with van der Waals surface area (Å²) in [4.78, 5) is 10.2. The van der Waals surface area contributed by atoms with E-state index in [1.54, 1.807) is 12.1 Å². The number of anilines is 1. The topological polar surface area (TPSA) is 69.2 Å².